The molecule has 3 aliphatic heterocycles. The molecule has 0 aliphatic carbocycles. The number of benzene rings is 3. The molecule has 11 aromatic rings. The molecule has 0 bridgehead atoms. The number of H-pyrrole nitrogens is 1. The molecule has 11 heterocycles. The van der Waals surface area contributed by atoms with Crippen LogP contribution in [0.1, 0.15) is 22.2 Å². The molecule has 3 atom stereocenters. The van der Waals surface area contributed by atoms with Gasteiger partial charge in [-0.2, -0.15) is 15.3 Å². The van der Waals surface area contributed by atoms with Crippen molar-refractivity contribution in [2.45, 2.75) is 52.0 Å². The van der Waals surface area contributed by atoms with Crippen molar-refractivity contribution in [1.29, 1.82) is 0 Å². The maximum Gasteiger partial charge on any atom is 1.00 e. The van der Waals surface area contributed by atoms with Crippen LogP contribution in [0.5, 0.6) is 17.2 Å². The van der Waals surface area contributed by atoms with E-state index in [0.717, 1.165) is 29.2 Å². The van der Waals surface area contributed by atoms with Crippen LogP contribution in [0.4, 0.5) is 30.2 Å². The smallest absolute Gasteiger partial charge is 1.00 e. The van der Waals surface area contributed by atoms with Crippen molar-refractivity contribution in [1.82, 2.24) is 69.4 Å². The number of amides is 3. The number of piperazine rings is 3. The molecule has 106 heavy (non-hydrogen) atoms. The zero-order valence-electron chi connectivity index (χ0n) is 59.4. The Kier molecular flexibility index (Phi) is 35.0. The van der Waals surface area contributed by atoms with Crippen molar-refractivity contribution in [3.05, 3.63) is 163 Å². The number of anilines is 3. The van der Waals surface area contributed by atoms with Crippen molar-refractivity contribution in [2.24, 2.45) is 0 Å². The molecule has 0 unspecified atom stereocenters. The second-order valence-corrected chi connectivity index (χ2v) is 26.5. The van der Waals surface area contributed by atoms with Crippen LogP contribution in [0.3, 0.4) is 0 Å². The number of pyridine rings is 3. The number of rotatable bonds is 13. The number of nitrogens with zero attached hydrogens (tertiary/aromatic N) is 16. The standard InChI is InChI=1S/C23H22ClFN6O3.C20H20ClFIN5O2.C14H17Cl2FN2O2.C6H4IN3.C3H3NO.CH2O3.2K.H/c1-14-12-29(18-11-19(33-2)16(24)10-17(18)25)7-8-30(14)20(32)13-31-22-15(4-3-5-26-22)21(28-31)23-27-6-9-34-23;1-12-10-26(16-9-17(30-2)14(21)8-15(16)22)6-7-27(12)18(29)11-28-20-13(19(23)25-28)4-3-5-24-20;1-9-8-18(3-4-19(9)14(20)7-15)12-6-13(21-2)10(16)5-11(12)17;7-5-4-2-1-3-8-6(4)10-9-5;1-2-5-3-4-1;2-1-4-3;;;/h3-6,9-11,14H,7-8,12-13H2,1-2H3;3-5,8-9,12H,6-7,10-11H2,1-2H3;5-6,9H,3-4,7-8H2,1-2H3;1-3H,(H,8,9,10);1-3H;1,3H;;;/q;;;;;;2*+1;-1/p-1/t14-;12-;9-;;;;;;/m000....../s1. The van der Waals surface area contributed by atoms with Crippen LogP contribution in [0.2, 0.25) is 15.1 Å². The van der Waals surface area contributed by atoms with Gasteiger partial charge in [0.1, 0.15) is 73.6 Å². The number of halogens is 9. The van der Waals surface area contributed by atoms with Gasteiger partial charge in [0.15, 0.2) is 29.0 Å². The molecule has 3 fully saturated rings. The first-order valence-corrected chi connectivity index (χ1v) is 35.4. The van der Waals surface area contributed by atoms with Gasteiger partial charge in [0.05, 0.1) is 82.0 Å². The van der Waals surface area contributed by atoms with Gasteiger partial charge in [0.2, 0.25) is 23.6 Å². The van der Waals surface area contributed by atoms with Crippen molar-refractivity contribution in [2.75, 3.05) is 101 Å². The molecule has 1 N–H and O–H groups in total. The Balaban J connectivity index is 0.000000223. The zero-order valence-corrected chi connectivity index (χ0v) is 72.0. The van der Waals surface area contributed by atoms with Crippen LogP contribution in [0.25, 0.3) is 44.7 Å². The largest absolute Gasteiger partial charge is 1.00 e. The topological polar surface area (TPSA) is 303 Å². The Morgan fingerprint density at radius 1 is 0.613 bits per heavy atom. The molecule has 3 amide bonds. The number of hydrogen-bond acceptors (Lipinski definition) is 22. The van der Waals surface area contributed by atoms with Crippen molar-refractivity contribution >= 4 is 166 Å². The van der Waals surface area contributed by atoms with Crippen LogP contribution in [-0.4, -0.2) is 198 Å². The maximum absolute atomic E-state index is 14.6. The van der Waals surface area contributed by atoms with E-state index in [9.17, 15) is 27.6 Å². The molecular formula is C67H68Cl4F3I2K2N17O11. The number of carbonyl (C=O) groups is 4. The van der Waals surface area contributed by atoms with Crippen molar-refractivity contribution < 1.29 is 170 Å². The van der Waals surface area contributed by atoms with Crippen LogP contribution in [0, 0.1) is 24.9 Å². The molecule has 8 aromatic heterocycles. The van der Waals surface area contributed by atoms with E-state index < -0.39 is 17.5 Å². The Morgan fingerprint density at radius 2 is 1.05 bits per heavy atom. The van der Waals surface area contributed by atoms with Gasteiger partial charge in [-0.1, -0.05) is 34.8 Å². The van der Waals surface area contributed by atoms with Crippen LogP contribution in [0.15, 0.2) is 132 Å². The number of aromatic nitrogens is 11. The summed E-state index contributed by atoms with van der Waals surface area (Å²) >= 11 is 27.9. The maximum atomic E-state index is 14.6. The average molecular weight is 1820 g/mol. The summed E-state index contributed by atoms with van der Waals surface area (Å²) in [7, 11) is 4.48. The van der Waals surface area contributed by atoms with Gasteiger partial charge in [0.25, 0.3) is 6.47 Å². The van der Waals surface area contributed by atoms with Gasteiger partial charge in [-0.05, 0) is 121 Å². The minimum absolute atomic E-state index is 0. The third-order valence-electron chi connectivity index (χ3n) is 16.5. The average Bonchev–Trinajstić information content (AvgIpc) is 1.69. The molecule has 0 spiro atoms. The summed E-state index contributed by atoms with van der Waals surface area (Å²) in [6, 6.07) is 19.6. The number of alkyl halides is 1. The predicted molar refractivity (Wildman–Crippen MR) is 399 cm³/mol. The minimum Gasteiger partial charge on any atom is -1.00 e. The summed E-state index contributed by atoms with van der Waals surface area (Å²) in [6.07, 6.45) is 12.6. The van der Waals surface area contributed by atoms with Gasteiger partial charge in [-0.25, -0.2) is 47.5 Å². The van der Waals surface area contributed by atoms with E-state index in [0.29, 0.717) is 116 Å². The van der Waals surface area contributed by atoms with Crippen LogP contribution < -0.4 is 137 Å². The Labute approximate surface area is 739 Å². The zero-order chi connectivity index (χ0) is 74.7. The molecule has 39 heteroatoms. The van der Waals surface area contributed by atoms with E-state index in [1.165, 1.54) is 58.4 Å². The fourth-order valence-electron chi connectivity index (χ4n) is 11.6. The van der Waals surface area contributed by atoms with E-state index in [1.54, 1.807) is 74.4 Å². The summed E-state index contributed by atoms with van der Waals surface area (Å²) in [6.45, 7) is 10.2. The quantitative estimate of drug-likeness (QED) is 0.0406. The number of oxazole rings is 2. The predicted octanol–water partition coefficient (Wildman–Crippen LogP) is 4.75. The normalized spacial score (nSPS) is 15.3. The monoisotopic (exact) mass is 1820 g/mol. The number of fused-ring (bicyclic) bond motifs is 3. The first-order valence-electron chi connectivity index (χ1n) is 31.6. The van der Waals surface area contributed by atoms with Crippen LogP contribution in [-0.2, 0) is 37.2 Å². The van der Waals surface area contributed by atoms with Gasteiger partial charge >= 0.3 is 103 Å². The molecule has 3 aliphatic rings. The SMILES string of the molecule is COc1cc(N2CCN(C(=O)CCl)[C@@H](C)C2)c(F)cc1Cl.COc1cc(N2CCN(C(=O)Cn3nc(-c4ncco4)c4cccnc43)[C@@H](C)C2)c(F)cc1Cl.COc1cc(N2CCN(C(=O)Cn3nc(I)c4cccnc43)[C@@H](C)C2)c(F)cc1Cl.Ic1[nH]nc2ncccc12.O=CO[O-].[H-].[K+].[K+].c1cocn1. The summed E-state index contributed by atoms with van der Waals surface area (Å²) in [5, 5.41) is 27.7. The Hall–Kier alpha value is -5.74. The first-order chi connectivity index (χ1) is 50.1. The fourth-order valence-corrected chi connectivity index (χ4v) is 13.7. The summed E-state index contributed by atoms with van der Waals surface area (Å²) in [5.41, 5.74) is 3.84. The number of hydrogen-bond donors (Lipinski definition) is 1. The van der Waals surface area contributed by atoms with Gasteiger partial charge in [0, 0.05) is 114 Å². The van der Waals surface area contributed by atoms with Gasteiger partial charge in [-0.3, -0.25) is 24.3 Å². The van der Waals surface area contributed by atoms with E-state index >= 15 is 0 Å². The first kappa shape index (κ1) is 87.5. The van der Waals surface area contributed by atoms with Crippen LogP contribution >= 0.6 is 91.6 Å². The summed E-state index contributed by atoms with van der Waals surface area (Å²) in [4.78, 5) is 80.7. The number of methoxy groups -OCH3 is 3. The molecular weight excluding hydrogens is 1750 g/mol. The second-order valence-electron chi connectivity index (χ2n) is 22.9. The summed E-state index contributed by atoms with van der Waals surface area (Å²) in [5.74, 6) is 0.124. The third kappa shape index (κ3) is 22.3. The molecule has 0 radical (unpaired) electrons. The van der Waals surface area contributed by atoms with E-state index in [4.69, 9.17) is 75.1 Å². The van der Waals surface area contributed by atoms with Crippen molar-refractivity contribution in [3.8, 4) is 28.8 Å². The fraction of sp³-hybridized carbons (Fsp3) is 0.313. The summed E-state index contributed by atoms with van der Waals surface area (Å²) < 4.78 is 73.7. The number of carbonyl (C=O) groups excluding carboxylic acids is 4. The van der Waals surface area contributed by atoms with Crippen molar-refractivity contribution in [3.63, 3.8) is 0 Å². The molecule has 0 saturated carbocycles. The Morgan fingerprint density at radius 3 is 1.43 bits per heavy atom. The van der Waals surface area contributed by atoms with E-state index in [1.807, 2.05) is 70.7 Å². The molecule has 14 rings (SSSR count). The van der Waals surface area contributed by atoms with E-state index in [-0.39, 0.29) is 181 Å². The van der Waals surface area contributed by atoms with Gasteiger partial charge in [-0.15, -0.1) is 11.6 Å². The van der Waals surface area contributed by atoms with E-state index in [2.05, 4.69) is 99.8 Å². The number of ether oxygens (including phenoxy) is 3. The third-order valence-corrected chi connectivity index (χ3v) is 19.2. The number of nitrogens with one attached hydrogen (secondary N) is 1. The molecule has 552 valence electrons. The molecule has 3 saturated heterocycles. The Bertz CT molecular complexity index is 4710. The minimum atomic E-state index is -0.425. The molecule has 28 nitrogen and oxygen atoms in total. The second kappa shape index (κ2) is 42.4. The van der Waals surface area contributed by atoms with Gasteiger partial charge < -0.3 is 64.0 Å². The molecule has 3 aromatic carbocycles. The number of aromatic amines is 1.